The normalized spacial score (nSPS) is 13.4. The minimum atomic E-state index is -0.591. The first-order valence-corrected chi connectivity index (χ1v) is 17.1. The Kier molecular flexibility index (Phi) is 24.6. The summed E-state index contributed by atoms with van der Waals surface area (Å²) in [7, 11) is 10.6. The van der Waals surface area contributed by atoms with E-state index in [1.54, 1.807) is 0 Å². The van der Waals surface area contributed by atoms with Crippen molar-refractivity contribution in [2.24, 2.45) is 0 Å². The summed E-state index contributed by atoms with van der Waals surface area (Å²) in [5.74, 6) is 0.0953. The molecule has 36 heavy (non-hydrogen) atoms. The molecular weight excluding hydrogens is 457 g/mol. The second-order valence-electron chi connectivity index (χ2n) is 12.9. The Balaban J connectivity index is 3.99. The molecule has 1 N–H and O–H groups in total. The summed E-state index contributed by atoms with van der Waals surface area (Å²) < 4.78 is 0.768. The van der Waals surface area contributed by atoms with E-state index >= 15 is 0 Å². The van der Waals surface area contributed by atoms with Crippen LogP contribution in [0.15, 0.2) is 0 Å². The van der Waals surface area contributed by atoms with E-state index in [1.807, 2.05) is 0 Å². The molecule has 0 aliphatic carbocycles. The molecule has 0 aromatic heterocycles. The predicted molar refractivity (Wildman–Crippen MR) is 166 cm³/mol. The second-order valence-corrected chi connectivity index (χ2v) is 13.4. The molecule has 2 nitrogen and oxygen atoms in total. The summed E-state index contributed by atoms with van der Waals surface area (Å²) in [6.45, 7) is 4.58. The smallest absolute Gasteiger partial charge is 0.0878 e. The molecule has 1 atom stereocenters. The maximum Gasteiger partial charge on any atom is 0.0878 e. The minimum absolute atomic E-state index is 0.0953. The van der Waals surface area contributed by atoms with Crippen LogP contribution in [-0.4, -0.2) is 42.1 Å². The Bertz CT molecular complexity index is 419. The molecule has 0 radical (unpaired) electrons. The number of quaternary nitrogens is 1. The van der Waals surface area contributed by atoms with Gasteiger partial charge in [0.25, 0.3) is 0 Å². The van der Waals surface area contributed by atoms with Gasteiger partial charge >= 0.3 is 0 Å². The molecule has 0 bridgehead atoms. The Morgan fingerprint density at radius 3 is 0.917 bits per heavy atom. The van der Waals surface area contributed by atoms with Crippen molar-refractivity contribution in [3.63, 3.8) is 0 Å². The van der Waals surface area contributed by atoms with Gasteiger partial charge in [-0.15, -0.1) is 0 Å². The summed E-state index contributed by atoms with van der Waals surface area (Å²) >= 11 is 0. The van der Waals surface area contributed by atoms with Crippen molar-refractivity contribution >= 4 is 9.24 Å². The Morgan fingerprint density at radius 2 is 0.694 bits per heavy atom. The lowest BCUT2D eigenvalue weighted by Gasteiger charge is -2.49. The van der Waals surface area contributed by atoms with Gasteiger partial charge in [-0.2, -0.15) is 0 Å². The molecule has 0 spiro atoms. The molecule has 0 aliphatic rings. The van der Waals surface area contributed by atoms with E-state index < -0.39 is 5.60 Å². The zero-order valence-corrected chi connectivity index (χ0v) is 26.9. The number of nitrogens with zero attached hydrogens (tertiary/aromatic N) is 1. The molecular formula is C33H70NOP. The van der Waals surface area contributed by atoms with Crippen molar-refractivity contribution in [1.82, 2.24) is 0 Å². The van der Waals surface area contributed by atoms with Crippen molar-refractivity contribution in [3.05, 3.63) is 0 Å². The molecule has 0 amide bonds. The van der Waals surface area contributed by atoms with Gasteiger partial charge in [0.05, 0.1) is 26.7 Å². The van der Waals surface area contributed by atoms with Gasteiger partial charge in [0.15, 0.2) is 0 Å². The molecule has 0 saturated carbocycles. The maximum absolute atomic E-state index is 11.7. The molecule has 0 aromatic rings. The van der Waals surface area contributed by atoms with Gasteiger partial charge in [0, 0.05) is 0 Å². The third kappa shape index (κ3) is 21.3. The van der Waals surface area contributed by atoms with Crippen molar-refractivity contribution in [2.75, 3.05) is 21.1 Å². The first kappa shape index (κ1) is 36.4. The van der Waals surface area contributed by atoms with E-state index in [1.165, 1.54) is 141 Å². The van der Waals surface area contributed by atoms with E-state index in [9.17, 15) is 5.11 Å². The van der Waals surface area contributed by atoms with Crippen LogP contribution in [0.1, 0.15) is 181 Å². The SMILES string of the molecule is CCCCCCCCCCCCCCC(O)(CCCCCCCCCCCCCC)C([PH-])[N+](C)(C)C. The van der Waals surface area contributed by atoms with Crippen molar-refractivity contribution in [1.29, 1.82) is 0 Å². The molecule has 3 heteroatoms. The van der Waals surface area contributed by atoms with Crippen LogP contribution in [-0.2, 0) is 0 Å². The van der Waals surface area contributed by atoms with Gasteiger partial charge in [-0.05, 0) is 18.6 Å². The van der Waals surface area contributed by atoms with Crippen LogP contribution in [0.5, 0.6) is 0 Å². The fourth-order valence-corrected chi connectivity index (χ4v) is 5.95. The van der Waals surface area contributed by atoms with E-state index in [-0.39, 0.29) is 5.78 Å². The molecule has 0 rings (SSSR count). The first-order chi connectivity index (χ1) is 17.3. The number of likely N-dealkylation sites (N-methyl/N-ethyl adjacent to an activating group) is 1. The highest BCUT2D eigenvalue weighted by Gasteiger charge is 2.35. The second kappa shape index (κ2) is 24.4. The van der Waals surface area contributed by atoms with E-state index in [0.717, 1.165) is 30.2 Å². The topological polar surface area (TPSA) is 20.2 Å². The van der Waals surface area contributed by atoms with Crippen LogP contribution >= 0.6 is 9.24 Å². The van der Waals surface area contributed by atoms with Crippen LogP contribution in [0.4, 0.5) is 0 Å². The summed E-state index contributed by atoms with van der Waals surface area (Å²) in [5.41, 5.74) is -0.591. The Hall–Kier alpha value is 0.350. The van der Waals surface area contributed by atoms with E-state index in [2.05, 4.69) is 44.2 Å². The molecule has 0 saturated heterocycles. The lowest BCUT2D eigenvalue weighted by Crippen LogP contribution is -2.55. The Morgan fingerprint density at radius 1 is 0.472 bits per heavy atom. The molecule has 218 valence electrons. The zero-order chi connectivity index (χ0) is 27.0. The average Bonchev–Trinajstić information content (AvgIpc) is 2.84. The van der Waals surface area contributed by atoms with Crippen LogP contribution in [0, 0.1) is 0 Å². The van der Waals surface area contributed by atoms with Gasteiger partial charge in [-0.3, -0.25) is 0 Å². The van der Waals surface area contributed by atoms with E-state index in [4.69, 9.17) is 0 Å². The zero-order valence-electron chi connectivity index (χ0n) is 25.9. The van der Waals surface area contributed by atoms with Crippen LogP contribution in [0.25, 0.3) is 0 Å². The molecule has 1 unspecified atom stereocenters. The van der Waals surface area contributed by atoms with Gasteiger partial charge < -0.3 is 18.8 Å². The highest BCUT2D eigenvalue weighted by molar-refractivity contribution is 7.17. The van der Waals surface area contributed by atoms with Crippen molar-refractivity contribution in [2.45, 2.75) is 192 Å². The van der Waals surface area contributed by atoms with Crippen molar-refractivity contribution in [3.8, 4) is 0 Å². The number of unbranched alkanes of at least 4 members (excludes halogenated alkanes) is 22. The fourth-order valence-electron chi connectivity index (χ4n) is 5.66. The standard InChI is InChI=1S/C33H70NOP/c1-6-8-10-12-14-16-18-20-22-24-26-28-30-33(35,32(36)34(3,4)5)31-29-27-25-23-21-19-17-15-13-11-9-7-2/h32,35-36H,6-31H2,1-5H3. The summed E-state index contributed by atoms with van der Waals surface area (Å²) in [5, 5.41) is 11.7. The monoisotopic (exact) mass is 528 g/mol. The maximum atomic E-state index is 11.7. The summed E-state index contributed by atoms with van der Waals surface area (Å²) in [4.78, 5) is 0. The number of aliphatic hydroxyl groups is 1. The highest BCUT2D eigenvalue weighted by atomic mass is 31.0. The fraction of sp³-hybridized carbons (Fsp3) is 1.00. The minimum Gasteiger partial charge on any atom is -0.489 e. The quantitative estimate of drug-likeness (QED) is 0.0609. The molecule has 0 aliphatic heterocycles. The highest BCUT2D eigenvalue weighted by Crippen LogP contribution is 2.34. The van der Waals surface area contributed by atoms with Gasteiger partial charge in [-0.1, -0.05) is 168 Å². The van der Waals surface area contributed by atoms with Crippen molar-refractivity contribution < 1.29 is 9.59 Å². The number of hydrogen-bond donors (Lipinski definition) is 1. The predicted octanol–water partition coefficient (Wildman–Crippen LogP) is 11.1. The molecule has 0 fully saturated rings. The van der Waals surface area contributed by atoms with Gasteiger partial charge in [0.2, 0.25) is 0 Å². The molecule has 0 heterocycles. The van der Waals surface area contributed by atoms with Crippen LogP contribution in [0.3, 0.4) is 0 Å². The number of rotatable bonds is 28. The van der Waals surface area contributed by atoms with E-state index in [0.29, 0.717) is 0 Å². The number of hydrogen-bond acceptors (Lipinski definition) is 1. The lowest BCUT2D eigenvalue weighted by molar-refractivity contribution is -0.888. The largest absolute Gasteiger partial charge is 0.489 e. The summed E-state index contributed by atoms with van der Waals surface area (Å²) in [6, 6.07) is 0. The average molecular weight is 528 g/mol. The molecule has 0 aromatic carbocycles. The third-order valence-corrected chi connectivity index (χ3v) is 9.52. The third-order valence-electron chi connectivity index (χ3n) is 8.21. The van der Waals surface area contributed by atoms with Crippen LogP contribution in [0.2, 0.25) is 0 Å². The van der Waals surface area contributed by atoms with Crippen LogP contribution < -0.4 is 0 Å². The van der Waals surface area contributed by atoms with Gasteiger partial charge in [-0.25, -0.2) is 0 Å². The lowest BCUT2D eigenvalue weighted by atomic mass is 9.88. The Labute approximate surface area is 232 Å². The van der Waals surface area contributed by atoms with Gasteiger partial charge in [0.1, 0.15) is 0 Å². The first-order valence-electron chi connectivity index (χ1n) is 16.5. The summed E-state index contributed by atoms with van der Waals surface area (Å²) in [6.07, 6.45) is 34.8.